The summed E-state index contributed by atoms with van der Waals surface area (Å²) >= 11 is 1.17. The first-order chi connectivity index (χ1) is 9.90. The summed E-state index contributed by atoms with van der Waals surface area (Å²) in [5.74, 6) is 0. The van der Waals surface area contributed by atoms with Crippen LogP contribution in [0.3, 0.4) is 0 Å². The number of hydrogen-bond donors (Lipinski definition) is 1. The molecule has 0 amide bonds. The lowest BCUT2D eigenvalue weighted by Crippen LogP contribution is -2.40. The molecule has 1 saturated heterocycles. The maximum absolute atomic E-state index is 12.6. The number of hydrogen-bond acceptors (Lipinski definition) is 5. The van der Waals surface area contributed by atoms with Gasteiger partial charge in [-0.05, 0) is 44.5 Å². The Kier molecular flexibility index (Phi) is 5.43. The third-order valence-corrected chi connectivity index (χ3v) is 7.67. The van der Waals surface area contributed by atoms with Gasteiger partial charge in [0.2, 0.25) is 0 Å². The van der Waals surface area contributed by atoms with Crippen LogP contribution in [0.15, 0.2) is 10.3 Å². The van der Waals surface area contributed by atoms with Gasteiger partial charge in [-0.25, -0.2) is 8.42 Å². The fourth-order valence-corrected chi connectivity index (χ4v) is 5.71. The first-order valence-corrected chi connectivity index (χ1v) is 9.56. The summed E-state index contributed by atoms with van der Waals surface area (Å²) < 4.78 is 27.0. The van der Waals surface area contributed by atoms with Crippen LogP contribution in [0.1, 0.15) is 30.2 Å². The van der Waals surface area contributed by atoms with E-state index in [-0.39, 0.29) is 6.61 Å². The quantitative estimate of drug-likeness (QED) is 0.860. The van der Waals surface area contributed by atoms with E-state index < -0.39 is 10.0 Å². The Labute approximate surface area is 131 Å². The highest BCUT2D eigenvalue weighted by atomic mass is 32.2. The predicted molar refractivity (Wildman–Crippen MR) is 85.1 cm³/mol. The summed E-state index contributed by atoms with van der Waals surface area (Å²) in [4.78, 5) is 3.06. The number of aliphatic hydroxyl groups excluding tert-OH is 1. The van der Waals surface area contributed by atoms with E-state index in [0.29, 0.717) is 16.8 Å². The van der Waals surface area contributed by atoms with Crippen LogP contribution in [-0.4, -0.2) is 55.5 Å². The van der Waals surface area contributed by atoms with E-state index in [1.807, 2.05) is 6.92 Å². The third-order valence-electron chi connectivity index (χ3n) is 4.18. The zero-order chi connectivity index (χ0) is 15.6. The van der Waals surface area contributed by atoms with Gasteiger partial charge in [-0.3, -0.25) is 4.90 Å². The molecule has 1 unspecified atom stereocenters. The Balaban J connectivity index is 2.14. The lowest BCUT2D eigenvalue weighted by atomic mass is 10.2. The molecule has 1 aromatic heterocycles. The number of sulfonamides is 1. The molecule has 0 bridgehead atoms. The maximum Gasteiger partial charge on any atom is 0.252 e. The molecule has 2 heterocycles. The van der Waals surface area contributed by atoms with Crippen LogP contribution >= 0.6 is 11.3 Å². The summed E-state index contributed by atoms with van der Waals surface area (Å²) in [7, 11) is -1.81. The largest absolute Gasteiger partial charge is 0.391 e. The van der Waals surface area contributed by atoms with E-state index in [9.17, 15) is 13.5 Å². The van der Waals surface area contributed by atoms with Gasteiger partial charge < -0.3 is 5.11 Å². The van der Waals surface area contributed by atoms with Gasteiger partial charge in [0.15, 0.2) is 0 Å². The summed E-state index contributed by atoms with van der Waals surface area (Å²) in [5.41, 5.74) is 0.838. The summed E-state index contributed by atoms with van der Waals surface area (Å²) in [6, 6.07) is 1.97. The molecule has 5 nitrogen and oxygen atoms in total. The minimum Gasteiger partial charge on any atom is -0.391 e. The van der Waals surface area contributed by atoms with Crippen molar-refractivity contribution in [2.24, 2.45) is 0 Å². The number of aryl methyl sites for hydroxylation is 1. The molecule has 1 fully saturated rings. The molecule has 120 valence electrons. The standard InChI is InChI=1S/C14H24N2O3S2/c1-4-16-7-5-6-12(16)9-15(3)21(18,19)14-8-11(2)13(10-17)20-14/h8,12,17H,4-7,9-10H2,1-3H3. The molecule has 21 heavy (non-hydrogen) atoms. The molecular formula is C14H24N2O3S2. The first-order valence-electron chi connectivity index (χ1n) is 7.30. The second-order valence-corrected chi connectivity index (χ2v) is 8.95. The van der Waals surface area contributed by atoms with E-state index in [1.165, 1.54) is 15.6 Å². The summed E-state index contributed by atoms with van der Waals surface area (Å²) in [6.45, 7) is 6.39. The Morgan fingerprint density at radius 3 is 2.81 bits per heavy atom. The Morgan fingerprint density at radius 2 is 2.24 bits per heavy atom. The van der Waals surface area contributed by atoms with E-state index in [1.54, 1.807) is 13.1 Å². The fraction of sp³-hybridized carbons (Fsp3) is 0.714. The molecule has 2 rings (SSSR count). The zero-order valence-corrected chi connectivity index (χ0v) is 14.5. The molecule has 0 aliphatic carbocycles. The second kappa shape index (κ2) is 6.75. The minimum absolute atomic E-state index is 0.109. The van der Waals surface area contributed by atoms with Crippen molar-refractivity contribution in [1.29, 1.82) is 0 Å². The molecule has 1 N–H and O–H groups in total. The highest BCUT2D eigenvalue weighted by Gasteiger charge is 2.30. The predicted octanol–water partition coefficient (Wildman–Crippen LogP) is 1.65. The van der Waals surface area contributed by atoms with Gasteiger partial charge in [-0.15, -0.1) is 11.3 Å². The highest BCUT2D eigenvalue weighted by Crippen LogP contribution is 2.29. The number of likely N-dealkylation sites (tertiary alicyclic amines) is 1. The molecule has 0 spiro atoms. The van der Waals surface area contributed by atoms with Gasteiger partial charge in [-0.2, -0.15) is 4.31 Å². The van der Waals surface area contributed by atoms with Crippen molar-refractivity contribution in [2.75, 3.05) is 26.7 Å². The molecule has 7 heteroatoms. The monoisotopic (exact) mass is 332 g/mol. The average Bonchev–Trinajstić information content (AvgIpc) is 3.04. The van der Waals surface area contributed by atoms with Crippen LogP contribution < -0.4 is 0 Å². The van der Waals surface area contributed by atoms with Crippen LogP contribution in [-0.2, 0) is 16.6 Å². The van der Waals surface area contributed by atoms with E-state index in [4.69, 9.17) is 0 Å². The maximum atomic E-state index is 12.6. The average molecular weight is 332 g/mol. The Morgan fingerprint density at radius 1 is 1.52 bits per heavy atom. The molecule has 0 radical (unpaired) electrons. The Bertz CT molecular complexity index is 583. The fourth-order valence-electron chi connectivity index (χ4n) is 2.84. The summed E-state index contributed by atoms with van der Waals surface area (Å²) in [6.07, 6.45) is 2.19. The lowest BCUT2D eigenvalue weighted by Gasteiger charge is -2.27. The molecule has 1 atom stereocenters. The molecular weight excluding hydrogens is 308 g/mol. The number of thiophene rings is 1. The first kappa shape index (κ1) is 16.9. The molecule has 1 aromatic rings. The van der Waals surface area contributed by atoms with Gasteiger partial charge in [-0.1, -0.05) is 6.92 Å². The Hall–Kier alpha value is -0.470. The molecule has 1 aliphatic rings. The van der Waals surface area contributed by atoms with Crippen molar-refractivity contribution >= 4 is 21.4 Å². The van der Waals surface area contributed by atoms with Crippen molar-refractivity contribution in [3.8, 4) is 0 Å². The van der Waals surface area contributed by atoms with Gasteiger partial charge in [0, 0.05) is 24.5 Å². The normalized spacial score (nSPS) is 20.5. The van der Waals surface area contributed by atoms with Crippen molar-refractivity contribution in [2.45, 2.75) is 43.5 Å². The van der Waals surface area contributed by atoms with Crippen LogP contribution in [0.4, 0.5) is 0 Å². The van der Waals surface area contributed by atoms with Crippen LogP contribution in [0.5, 0.6) is 0 Å². The van der Waals surface area contributed by atoms with Gasteiger partial charge in [0.1, 0.15) is 4.21 Å². The van der Waals surface area contributed by atoms with Crippen LogP contribution in [0.25, 0.3) is 0 Å². The third kappa shape index (κ3) is 3.48. The van der Waals surface area contributed by atoms with Crippen molar-refractivity contribution in [3.63, 3.8) is 0 Å². The van der Waals surface area contributed by atoms with E-state index in [2.05, 4.69) is 11.8 Å². The van der Waals surface area contributed by atoms with Gasteiger partial charge in [0.25, 0.3) is 10.0 Å². The lowest BCUT2D eigenvalue weighted by molar-refractivity contribution is 0.238. The number of nitrogens with zero attached hydrogens (tertiary/aromatic N) is 2. The molecule has 0 saturated carbocycles. The van der Waals surface area contributed by atoms with Crippen LogP contribution in [0, 0.1) is 6.92 Å². The van der Waals surface area contributed by atoms with Crippen molar-refractivity contribution in [3.05, 3.63) is 16.5 Å². The second-order valence-electron chi connectivity index (χ2n) is 5.54. The van der Waals surface area contributed by atoms with Crippen LogP contribution in [0.2, 0.25) is 0 Å². The number of likely N-dealkylation sites (N-methyl/N-ethyl adjacent to an activating group) is 2. The molecule has 0 aromatic carbocycles. The van der Waals surface area contributed by atoms with Crippen molar-refractivity contribution in [1.82, 2.24) is 9.21 Å². The smallest absolute Gasteiger partial charge is 0.252 e. The van der Waals surface area contributed by atoms with E-state index >= 15 is 0 Å². The van der Waals surface area contributed by atoms with Gasteiger partial charge in [0.05, 0.1) is 6.61 Å². The number of aliphatic hydroxyl groups is 1. The zero-order valence-electron chi connectivity index (χ0n) is 12.9. The summed E-state index contributed by atoms with van der Waals surface area (Å²) in [5, 5.41) is 9.23. The SMILES string of the molecule is CCN1CCCC1CN(C)S(=O)(=O)c1cc(C)c(CO)s1. The topological polar surface area (TPSA) is 60.9 Å². The highest BCUT2D eigenvalue weighted by molar-refractivity contribution is 7.91. The van der Waals surface area contributed by atoms with Crippen molar-refractivity contribution < 1.29 is 13.5 Å². The van der Waals surface area contributed by atoms with E-state index in [0.717, 1.165) is 36.4 Å². The number of rotatable bonds is 6. The van der Waals surface area contributed by atoms with Gasteiger partial charge >= 0.3 is 0 Å². The minimum atomic E-state index is -3.46. The molecule has 1 aliphatic heterocycles.